The number of hydrogen-bond acceptors (Lipinski definition) is 3. The zero-order valence-electron chi connectivity index (χ0n) is 8.80. The van der Waals surface area contributed by atoms with Gasteiger partial charge in [0.05, 0.1) is 0 Å². The molecule has 1 heterocycles. The van der Waals surface area contributed by atoms with Crippen LogP contribution < -0.4 is 5.73 Å². The molecule has 16 heavy (non-hydrogen) atoms. The van der Waals surface area contributed by atoms with E-state index in [0.29, 0.717) is 0 Å². The maximum atomic E-state index is 5.59. The Morgan fingerprint density at radius 2 is 1.81 bits per heavy atom. The Morgan fingerprint density at radius 3 is 2.31 bits per heavy atom. The van der Waals surface area contributed by atoms with E-state index >= 15 is 0 Å². The topological polar surface area (TPSA) is 67.6 Å². The van der Waals surface area contributed by atoms with Crippen molar-refractivity contribution in [3.8, 4) is 0 Å². The number of aryl methyl sites for hydroxylation is 1. The second-order valence-corrected chi connectivity index (χ2v) is 3.26. The van der Waals surface area contributed by atoms with Gasteiger partial charge in [-0.05, 0) is 24.6 Å². The molecular formula is C10H14Cl2N4. The number of nitrogen functional groups attached to an aromatic ring is 1. The van der Waals surface area contributed by atoms with Gasteiger partial charge in [-0.3, -0.25) is 5.10 Å². The quantitative estimate of drug-likeness (QED) is 0.814. The third-order valence-electron chi connectivity index (χ3n) is 1.99. The molecule has 0 fully saturated rings. The van der Waals surface area contributed by atoms with E-state index in [9.17, 15) is 0 Å². The zero-order chi connectivity index (χ0) is 9.97. The van der Waals surface area contributed by atoms with Crippen LogP contribution in [0.3, 0.4) is 0 Å². The van der Waals surface area contributed by atoms with E-state index in [1.165, 1.54) is 5.56 Å². The summed E-state index contributed by atoms with van der Waals surface area (Å²) in [5, 5.41) is 6.88. The average Bonchev–Trinajstić information content (AvgIpc) is 2.56. The number of rotatable bonds is 2. The van der Waals surface area contributed by atoms with Gasteiger partial charge < -0.3 is 5.73 Å². The maximum absolute atomic E-state index is 5.59. The number of nitrogens with two attached hydrogens (primary N) is 1. The summed E-state index contributed by atoms with van der Waals surface area (Å²) >= 11 is 0. The molecule has 0 aliphatic rings. The highest BCUT2D eigenvalue weighted by Gasteiger charge is 2.00. The maximum Gasteiger partial charge on any atom is 0.155 e. The fraction of sp³-hybridized carbons (Fsp3) is 0.200. The summed E-state index contributed by atoms with van der Waals surface area (Å²) in [6.45, 7) is 1.89. The van der Waals surface area contributed by atoms with Gasteiger partial charge in [-0.2, -0.15) is 5.10 Å². The molecule has 0 spiro atoms. The molecule has 2 rings (SSSR count). The Kier molecular flexibility index (Phi) is 5.85. The lowest BCUT2D eigenvalue weighted by atomic mass is 10.1. The highest BCUT2D eigenvalue weighted by molar-refractivity contribution is 5.85. The minimum Gasteiger partial charge on any atom is -0.399 e. The first kappa shape index (κ1) is 14.7. The predicted molar refractivity (Wildman–Crippen MR) is 69.3 cm³/mol. The molecule has 4 nitrogen and oxygen atoms in total. The summed E-state index contributed by atoms with van der Waals surface area (Å²) in [7, 11) is 0. The van der Waals surface area contributed by atoms with E-state index in [-0.39, 0.29) is 24.8 Å². The van der Waals surface area contributed by atoms with Crippen LogP contribution >= 0.6 is 24.8 Å². The van der Waals surface area contributed by atoms with E-state index in [4.69, 9.17) is 5.73 Å². The monoisotopic (exact) mass is 260 g/mol. The second kappa shape index (κ2) is 6.35. The summed E-state index contributed by atoms with van der Waals surface area (Å²) in [4.78, 5) is 4.23. The predicted octanol–water partition coefficient (Wildman–Crippen LogP) is 2.13. The van der Waals surface area contributed by atoms with Crippen molar-refractivity contribution in [2.45, 2.75) is 13.3 Å². The van der Waals surface area contributed by atoms with Crippen molar-refractivity contribution in [3.63, 3.8) is 0 Å². The van der Waals surface area contributed by atoms with E-state index in [2.05, 4.69) is 15.2 Å². The van der Waals surface area contributed by atoms with Gasteiger partial charge in [-0.25, -0.2) is 4.98 Å². The third-order valence-corrected chi connectivity index (χ3v) is 1.99. The molecule has 0 saturated heterocycles. The first-order valence-corrected chi connectivity index (χ1v) is 4.46. The van der Waals surface area contributed by atoms with E-state index in [0.717, 1.165) is 23.8 Å². The zero-order valence-corrected chi connectivity index (χ0v) is 10.4. The van der Waals surface area contributed by atoms with Crippen LogP contribution in [0.15, 0.2) is 24.3 Å². The van der Waals surface area contributed by atoms with Crippen LogP contribution in [0.25, 0.3) is 0 Å². The van der Waals surface area contributed by atoms with E-state index < -0.39 is 0 Å². The van der Waals surface area contributed by atoms with Crippen LogP contribution in [-0.4, -0.2) is 15.2 Å². The SMILES string of the molecule is Cc1nc(Cc2ccc(N)cc2)n[nH]1.Cl.Cl. The van der Waals surface area contributed by atoms with Gasteiger partial charge in [0.1, 0.15) is 5.82 Å². The van der Waals surface area contributed by atoms with Crippen molar-refractivity contribution in [2.24, 2.45) is 0 Å². The van der Waals surface area contributed by atoms with Gasteiger partial charge in [-0.15, -0.1) is 24.8 Å². The second-order valence-electron chi connectivity index (χ2n) is 3.26. The average molecular weight is 261 g/mol. The Bertz CT molecular complexity index is 425. The van der Waals surface area contributed by atoms with Crippen LogP contribution in [0.5, 0.6) is 0 Å². The molecule has 0 atom stereocenters. The van der Waals surface area contributed by atoms with Crippen molar-refractivity contribution in [3.05, 3.63) is 41.5 Å². The van der Waals surface area contributed by atoms with E-state index in [1.807, 2.05) is 31.2 Å². The van der Waals surface area contributed by atoms with Gasteiger partial charge in [-0.1, -0.05) is 12.1 Å². The number of hydrogen-bond donors (Lipinski definition) is 2. The van der Waals surface area contributed by atoms with Gasteiger partial charge in [0.2, 0.25) is 0 Å². The number of anilines is 1. The first-order valence-electron chi connectivity index (χ1n) is 4.46. The lowest BCUT2D eigenvalue weighted by molar-refractivity contribution is 0.970. The normalized spacial score (nSPS) is 9.06. The summed E-state index contributed by atoms with van der Waals surface area (Å²) in [6.07, 6.45) is 0.741. The standard InChI is InChI=1S/C10H12N4.2ClH/c1-7-12-10(14-13-7)6-8-2-4-9(11)5-3-8;;/h2-5H,6,11H2,1H3,(H,12,13,14);2*1H. The molecule has 88 valence electrons. The number of nitrogens with one attached hydrogen (secondary N) is 1. The van der Waals surface area contributed by atoms with Crippen LogP contribution in [0, 0.1) is 6.92 Å². The highest BCUT2D eigenvalue weighted by atomic mass is 35.5. The van der Waals surface area contributed by atoms with Crippen LogP contribution in [0.1, 0.15) is 17.2 Å². The van der Waals surface area contributed by atoms with Crippen LogP contribution in [0.4, 0.5) is 5.69 Å². The summed E-state index contributed by atoms with van der Waals surface area (Å²) in [6, 6.07) is 7.74. The number of aromatic nitrogens is 3. The molecule has 2 aromatic rings. The Hall–Kier alpha value is -1.26. The number of benzene rings is 1. The molecule has 0 aliphatic heterocycles. The van der Waals surface area contributed by atoms with Gasteiger partial charge in [0, 0.05) is 12.1 Å². The fourth-order valence-electron chi connectivity index (χ4n) is 1.29. The molecule has 1 aromatic heterocycles. The Labute approximate surface area is 106 Å². The van der Waals surface area contributed by atoms with Crippen LogP contribution in [-0.2, 0) is 6.42 Å². The van der Waals surface area contributed by atoms with Gasteiger partial charge >= 0.3 is 0 Å². The van der Waals surface area contributed by atoms with E-state index in [1.54, 1.807) is 0 Å². The van der Waals surface area contributed by atoms with Gasteiger partial charge in [0.15, 0.2) is 5.82 Å². The number of nitrogens with zero attached hydrogens (tertiary/aromatic N) is 2. The number of aromatic amines is 1. The van der Waals surface area contributed by atoms with Crippen molar-refractivity contribution in [1.29, 1.82) is 0 Å². The Balaban J connectivity index is 0.00000112. The van der Waals surface area contributed by atoms with Crippen molar-refractivity contribution in [1.82, 2.24) is 15.2 Å². The third kappa shape index (κ3) is 3.72. The first-order chi connectivity index (χ1) is 6.74. The molecule has 1 aromatic carbocycles. The Morgan fingerprint density at radius 1 is 1.19 bits per heavy atom. The fourth-order valence-corrected chi connectivity index (χ4v) is 1.29. The summed E-state index contributed by atoms with van der Waals surface area (Å²) < 4.78 is 0. The minimum atomic E-state index is 0. The lowest BCUT2D eigenvalue weighted by Crippen LogP contribution is -1.92. The molecule has 3 N–H and O–H groups in total. The number of H-pyrrole nitrogens is 1. The molecule has 0 radical (unpaired) electrons. The molecule has 6 heteroatoms. The van der Waals surface area contributed by atoms with Crippen molar-refractivity contribution >= 4 is 30.5 Å². The van der Waals surface area contributed by atoms with Crippen molar-refractivity contribution < 1.29 is 0 Å². The molecular weight excluding hydrogens is 247 g/mol. The lowest BCUT2D eigenvalue weighted by Gasteiger charge is -1.97. The minimum absolute atomic E-state index is 0. The van der Waals surface area contributed by atoms with Gasteiger partial charge in [0.25, 0.3) is 0 Å². The summed E-state index contributed by atoms with van der Waals surface area (Å²) in [5.74, 6) is 1.66. The van der Waals surface area contributed by atoms with Crippen molar-refractivity contribution in [2.75, 3.05) is 5.73 Å². The molecule has 0 amide bonds. The summed E-state index contributed by atoms with van der Waals surface area (Å²) in [5.41, 5.74) is 7.53. The van der Waals surface area contributed by atoms with Crippen LogP contribution in [0.2, 0.25) is 0 Å². The highest BCUT2D eigenvalue weighted by Crippen LogP contribution is 2.08. The molecule has 0 bridgehead atoms. The smallest absolute Gasteiger partial charge is 0.155 e. The molecule has 0 aliphatic carbocycles. The largest absolute Gasteiger partial charge is 0.399 e. The molecule has 0 unspecified atom stereocenters. The number of halogens is 2. The molecule has 0 saturated carbocycles.